The Bertz CT molecular complexity index is 14.4. The predicted octanol–water partition coefficient (Wildman–Crippen LogP) is -0.734. The molecule has 0 aromatic heterocycles. The van der Waals surface area contributed by atoms with Gasteiger partial charge in [-0.3, -0.25) is 0 Å². The summed E-state index contributed by atoms with van der Waals surface area (Å²) in [6, 6.07) is 0. The van der Waals surface area contributed by atoms with E-state index in [1.807, 2.05) is 0 Å². The molecule has 1 N–H and O–H groups in total. The number of rotatable bonds is 2. The second-order valence-electron chi connectivity index (χ2n) is 0.750. The normalized spacial score (nSPS) is 8.40. The molecule has 32 valence electrons. The quantitative estimate of drug-likeness (QED) is 0.424. The third-order valence-corrected chi connectivity index (χ3v) is 0.250. The SMILES string of the molecule is [BH3-]NCCC. The largest absolute Gasteiger partial charge is 0.497 e. The summed E-state index contributed by atoms with van der Waals surface area (Å²) in [4.78, 5) is 0. The van der Waals surface area contributed by atoms with Crippen LogP contribution in [0.4, 0.5) is 0 Å². The Labute approximate surface area is 34.2 Å². The third-order valence-electron chi connectivity index (χ3n) is 0.250. The van der Waals surface area contributed by atoms with Crippen molar-refractivity contribution in [3.05, 3.63) is 0 Å². The zero-order chi connectivity index (χ0) is 4.12. The molecule has 0 atom stereocenters. The molecule has 5 heavy (non-hydrogen) atoms. The summed E-state index contributed by atoms with van der Waals surface area (Å²) in [5.41, 5.74) is 0. The summed E-state index contributed by atoms with van der Waals surface area (Å²) in [6.45, 7) is 3.44. The molecule has 0 radical (unpaired) electrons. The van der Waals surface area contributed by atoms with Crippen LogP contribution < -0.4 is 5.23 Å². The van der Waals surface area contributed by atoms with Crippen LogP contribution in [0.2, 0.25) is 0 Å². The van der Waals surface area contributed by atoms with Crippen LogP contribution in [0, 0.1) is 0 Å². The van der Waals surface area contributed by atoms with Crippen molar-refractivity contribution >= 4 is 7.98 Å². The topological polar surface area (TPSA) is 12.0 Å². The summed E-state index contributed by atoms with van der Waals surface area (Å²) in [6.07, 6.45) is 1.30. The van der Waals surface area contributed by atoms with Gasteiger partial charge in [-0.15, -0.1) is 0 Å². The van der Waals surface area contributed by atoms with Crippen LogP contribution in [0.5, 0.6) is 0 Å². The highest BCUT2D eigenvalue weighted by Crippen LogP contribution is 1.61. The molecule has 0 heterocycles. The molecule has 0 aliphatic heterocycles. The molecule has 0 aliphatic carbocycles. The van der Waals surface area contributed by atoms with Crippen LogP contribution in [0.25, 0.3) is 0 Å². The standard InChI is InChI=1S/C3H11BN/c1-2-3-5-4/h5H,2-3H2,1,4H3/q-1. The Morgan fingerprint density at radius 3 is 2.40 bits per heavy atom. The van der Waals surface area contributed by atoms with Crippen LogP contribution in [-0.4, -0.2) is 14.5 Å². The van der Waals surface area contributed by atoms with E-state index in [2.05, 4.69) is 12.2 Å². The van der Waals surface area contributed by atoms with Gasteiger partial charge in [-0.05, 0) is 13.0 Å². The molecular weight excluding hydrogens is 60.9 g/mol. The van der Waals surface area contributed by atoms with E-state index in [1.54, 1.807) is 0 Å². The van der Waals surface area contributed by atoms with Crippen molar-refractivity contribution in [2.24, 2.45) is 0 Å². The average molecular weight is 71.9 g/mol. The minimum atomic E-state index is 0.498. The van der Waals surface area contributed by atoms with Crippen LogP contribution >= 0.6 is 0 Å². The van der Waals surface area contributed by atoms with Crippen LogP contribution in [-0.2, 0) is 0 Å². The van der Waals surface area contributed by atoms with Gasteiger partial charge in [-0.25, -0.2) is 0 Å². The lowest BCUT2D eigenvalue weighted by Crippen LogP contribution is -2.07. The van der Waals surface area contributed by atoms with Gasteiger partial charge in [0.1, 0.15) is 0 Å². The molecule has 2 heteroatoms. The maximum Gasteiger partial charge on any atom is 0.0112 e. The summed E-state index contributed by atoms with van der Waals surface area (Å²) < 4.78 is 0. The molecule has 0 rings (SSSR count). The Balaban J connectivity index is 2.19. The maximum absolute atomic E-state index is 3.27. The lowest BCUT2D eigenvalue weighted by molar-refractivity contribution is 0.868. The fraction of sp³-hybridized carbons (Fsp3) is 1.00. The molecule has 0 aromatic carbocycles. The summed E-state index contributed by atoms with van der Waals surface area (Å²) in [5, 5.41) is 3.27. The van der Waals surface area contributed by atoms with Gasteiger partial charge >= 0.3 is 0 Å². The lowest BCUT2D eigenvalue weighted by Gasteiger charge is -1.91. The second-order valence-corrected chi connectivity index (χ2v) is 0.750. The van der Waals surface area contributed by atoms with Crippen molar-refractivity contribution in [3.63, 3.8) is 0 Å². The van der Waals surface area contributed by atoms with Crippen molar-refractivity contribution in [3.8, 4) is 0 Å². The van der Waals surface area contributed by atoms with Gasteiger partial charge in [0.25, 0.3) is 0 Å². The summed E-state index contributed by atoms with van der Waals surface area (Å²) in [5.74, 6) is 0. The fourth-order valence-electron chi connectivity index (χ4n) is 0. The van der Waals surface area contributed by atoms with E-state index in [-0.39, 0.29) is 0 Å². The van der Waals surface area contributed by atoms with E-state index in [0.29, 0.717) is 7.98 Å². The van der Waals surface area contributed by atoms with Gasteiger partial charge < -0.3 is 5.23 Å². The monoisotopic (exact) mass is 72.1 g/mol. The maximum atomic E-state index is 3.27. The summed E-state index contributed by atoms with van der Waals surface area (Å²) >= 11 is 0. The van der Waals surface area contributed by atoms with Gasteiger partial charge in [0.05, 0.1) is 0 Å². The lowest BCUT2D eigenvalue weighted by atomic mass is 10.4. The molecule has 0 aliphatic rings. The van der Waals surface area contributed by atoms with Crippen LogP contribution in [0.1, 0.15) is 13.3 Å². The first kappa shape index (κ1) is 5.02. The van der Waals surface area contributed by atoms with Gasteiger partial charge in [0.15, 0.2) is 0 Å². The van der Waals surface area contributed by atoms with E-state index in [0.717, 1.165) is 0 Å². The fourth-order valence-corrected chi connectivity index (χ4v) is 0. The van der Waals surface area contributed by atoms with Gasteiger partial charge in [0.2, 0.25) is 0 Å². The van der Waals surface area contributed by atoms with E-state index in [4.69, 9.17) is 0 Å². The van der Waals surface area contributed by atoms with E-state index < -0.39 is 0 Å². The highest BCUT2D eigenvalue weighted by molar-refractivity contribution is 6.04. The molecular formula is C3H11BN-. The Morgan fingerprint density at radius 2 is 2.40 bits per heavy atom. The van der Waals surface area contributed by atoms with Gasteiger partial charge in [-0.2, -0.15) is 0 Å². The number of hydrogen-bond donors (Lipinski definition) is 1. The second kappa shape index (κ2) is 4.02. The molecule has 0 spiro atoms. The Morgan fingerprint density at radius 1 is 1.80 bits per heavy atom. The van der Waals surface area contributed by atoms with E-state index in [9.17, 15) is 0 Å². The highest BCUT2D eigenvalue weighted by atomic mass is 14.7. The van der Waals surface area contributed by atoms with Gasteiger partial charge in [-0.1, -0.05) is 6.92 Å². The third kappa shape index (κ3) is 4.02. The van der Waals surface area contributed by atoms with Crippen LogP contribution in [0.15, 0.2) is 0 Å². The molecule has 0 amide bonds. The number of nitrogens with one attached hydrogen (secondary N) is 1. The van der Waals surface area contributed by atoms with E-state index >= 15 is 0 Å². The van der Waals surface area contributed by atoms with Crippen molar-refractivity contribution in [1.29, 1.82) is 0 Å². The molecule has 0 fully saturated rings. The van der Waals surface area contributed by atoms with Crippen molar-refractivity contribution in [2.45, 2.75) is 13.3 Å². The zero-order valence-electron chi connectivity index (χ0n) is 2.91. The molecule has 0 saturated carbocycles. The minimum Gasteiger partial charge on any atom is -0.497 e. The van der Waals surface area contributed by atoms with Crippen molar-refractivity contribution in [2.75, 3.05) is 6.54 Å². The van der Waals surface area contributed by atoms with Crippen molar-refractivity contribution in [1.82, 2.24) is 5.23 Å². The smallest absolute Gasteiger partial charge is 0.0112 e. The first-order chi connectivity index (χ1) is 2.41. The van der Waals surface area contributed by atoms with Crippen molar-refractivity contribution < 1.29 is 0 Å². The average Bonchev–Trinajstić information content (AvgIpc) is 1.41. The molecule has 0 aromatic rings. The highest BCUT2D eigenvalue weighted by Gasteiger charge is 1.60. The first-order valence-electron chi connectivity index (χ1n) is 1.56. The molecule has 0 unspecified atom stereocenters. The molecule has 0 saturated heterocycles. The van der Waals surface area contributed by atoms with Crippen LogP contribution in [0.3, 0.4) is 0 Å². The number of hydrogen-bond acceptors (Lipinski definition) is 1. The first-order valence-corrected chi connectivity index (χ1v) is 1.56. The molecule has 0 bridgehead atoms. The predicted molar refractivity (Wildman–Crippen MR) is 28.2 cm³/mol. The van der Waals surface area contributed by atoms with E-state index in [1.165, 1.54) is 13.0 Å². The van der Waals surface area contributed by atoms with Gasteiger partial charge in [0, 0.05) is 7.98 Å². The Hall–Kier alpha value is 0.0249. The Kier molecular flexibility index (Phi) is 4.05. The minimum absolute atomic E-state index is 0.498. The summed E-state index contributed by atoms with van der Waals surface area (Å²) in [7, 11) is 0.498. The zero-order valence-corrected chi connectivity index (χ0v) is 2.91. The molecule has 1 nitrogen and oxygen atoms in total.